The van der Waals surface area contributed by atoms with E-state index in [0.717, 1.165) is 5.56 Å². The molecule has 31 heavy (non-hydrogen) atoms. The summed E-state index contributed by atoms with van der Waals surface area (Å²) in [5.41, 5.74) is 2.56. The molecule has 158 valence electrons. The molecule has 2 aromatic carbocycles. The number of nitrogens with zero attached hydrogens (tertiary/aromatic N) is 1. The highest BCUT2D eigenvalue weighted by Gasteiger charge is 2.19. The molecule has 0 aliphatic heterocycles. The number of aromatic nitrogens is 3. The maximum absolute atomic E-state index is 12.7. The van der Waals surface area contributed by atoms with Crippen LogP contribution in [0, 0.1) is 0 Å². The van der Waals surface area contributed by atoms with E-state index in [-0.39, 0.29) is 29.3 Å². The summed E-state index contributed by atoms with van der Waals surface area (Å²) in [6, 6.07) is 14.0. The zero-order valence-electron chi connectivity index (χ0n) is 16.2. The summed E-state index contributed by atoms with van der Waals surface area (Å²) in [7, 11) is 0. The van der Waals surface area contributed by atoms with Gasteiger partial charge >= 0.3 is 5.97 Å². The van der Waals surface area contributed by atoms with Gasteiger partial charge in [-0.25, -0.2) is 9.78 Å². The molecule has 1 atom stereocenters. The van der Waals surface area contributed by atoms with E-state index < -0.39 is 5.97 Å². The van der Waals surface area contributed by atoms with Crippen LogP contribution in [0.25, 0.3) is 22.4 Å². The maximum atomic E-state index is 12.7. The smallest absolute Gasteiger partial charge is 0.335 e. The molecule has 9 heteroatoms. The standard InChI is InChI=1S/C22H19BrN4O4/c23-15-9-13(22(30)31)10-17-19(15)27-20(26-17)18-16(6-7-24-21(18)29)25-14(11-28)8-12-4-2-1-3-5-12/h1-7,9-10,14,28H,8,11H2,(H,26,27)(H,30,31)(H2,24,25,29)/t14-/m0/s1. The number of nitrogens with one attached hydrogen (secondary N) is 3. The second kappa shape index (κ2) is 8.75. The third kappa shape index (κ3) is 4.37. The molecule has 0 spiro atoms. The minimum Gasteiger partial charge on any atom is -0.478 e. The van der Waals surface area contributed by atoms with Crippen LogP contribution in [0.15, 0.2) is 64.0 Å². The normalized spacial score (nSPS) is 12.1. The van der Waals surface area contributed by atoms with E-state index in [2.05, 4.69) is 36.2 Å². The molecule has 4 rings (SSSR count). The lowest BCUT2D eigenvalue weighted by molar-refractivity contribution is 0.0697. The first kappa shape index (κ1) is 20.8. The predicted octanol–water partition coefficient (Wildman–Crippen LogP) is 3.39. The summed E-state index contributed by atoms with van der Waals surface area (Å²) in [5.74, 6) is -0.774. The largest absolute Gasteiger partial charge is 0.478 e. The number of hydrogen-bond acceptors (Lipinski definition) is 5. The Morgan fingerprint density at radius 3 is 2.68 bits per heavy atom. The van der Waals surface area contributed by atoms with Crippen LogP contribution < -0.4 is 10.9 Å². The van der Waals surface area contributed by atoms with Crippen molar-refractivity contribution in [1.82, 2.24) is 15.0 Å². The number of halogens is 1. The summed E-state index contributed by atoms with van der Waals surface area (Å²) in [6.07, 6.45) is 2.09. The summed E-state index contributed by atoms with van der Waals surface area (Å²) in [4.78, 5) is 34.2. The van der Waals surface area contributed by atoms with Crippen molar-refractivity contribution >= 4 is 38.6 Å². The SMILES string of the molecule is O=C(O)c1cc(Br)c2nc(-c3c(N[C@H](CO)Cc4ccccc4)cc[nH]c3=O)[nH]c2c1. The first-order chi connectivity index (χ1) is 15.0. The Kier molecular flexibility index (Phi) is 5.88. The highest BCUT2D eigenvalue weighted by Crippen LogP contribution is 2.29. The lowest BCUT2D eigenvalue weighted by atomic mass is 10.1. The van der Waals surface area contributed by atoms with Gasteiger partial charge in [-0.3, -0.25) is 4.79 Å². The average molecular weight is 483 g/mol. The van der Waals surface area contributed by atoms with E-state index in [9.17, 15) is 19.8 Å². The second-order valence-electron chi connectivity index (χ2n) is 7.05. The quantitative estimate of drug-likeness (QED) is 0.274. The van der Waals surface area contributed by atoms with Crippen molar-refractivity contribution in [2.24, 2.45) is 0 Å². The lowest BCUT2D eigenvalue weighted by Gasteiger charge is -2.19. The number of rotatable bonds is 7. The fourth-order valence-electron chi connectivity index (χ4n) is 3.43. The highest BCUT2D eigenvalue weighted by atomic mass is 79.9. The number of benzene rings is 2. The number of aliphatic hydroxyl groups is 1. The van der Waals surface area contributed by atoms with Crippen LogP contribution in [0.3, 0.4) is 0 Å². The summed E-state index contributed by atoms with van der Waals surface area (Å²) < 4.78 is 0.504. The van der Waals surface area contributed by atoms with Crippen LogP contribution >= 0.6 is 15.9 Å². The Morgan fingerprint density at radius 1 is 1.19 bits per heavy atom. The Bertz CT molecular complexity index is 1300. The van der Waals surface area contributed by atoms with E-state index in [1.807, 2.05) is 30.3 Å². The minimum absolute atomic E-state index is 0.0955. The molecule has 0 radical (unpaired) electrons. The van der Waals surface area contributed by atoms with Crippen LogP contribution in [-0.2, 0) is 6.42 Å². The molecule has 0 amide bonds. The highest BCUT2D eigenvalue weighted by molar-refractivity contribution is 9.10. The molecule has 0 fully saturated rings. The van der Waals surface area contributed by atoms with Crippen LogP contribution in [0.4, 0.5) is 5.69 Å². The van der Waals surface area contributed by atoms with Gasteiger partial charge in [0.1, 0.15) is 16.9 Å². The molecule has 8 nitrogen and oxygen atoms in total. The van der Waals surface area contributed by atoms with E-state index in [1.165, 1.54) is 18.3 Å². The molecule has 0 aliphatic carbocycles. The van der Waals surface area contributed by atoms with Crippen LogP contribution in [-0.4, -0.2) is 43.8 Å². The number of H-pyrrole nitrogens is 2. The fraction of sp³-hybridized carbons (Fsp3) is 0.136. The van der Waals surface area contributed by atoms with Crippen molar-refractivity contribution in [3.05, 3.63) is 80.7 Å². The van der Waals surface area contributed by atoms with Gasteiger partial charge in [0, 0.05) is 10.7 Å². The maximum Gasteiger partial charge on any atom is 0.335 e. The number of pyridine rings is 1. The molecular formula is C22H19BrN4O4. The van der Waals surface area contributed by atoms with Crippen molar-refractivity contribution in [2.75, 3.05) is 11.9 Å². The van der Waals surface area contributed by atoms with Gasteiger partial charge in [-0.1, -0.05) is 30.3 Å². The molecule has 0 saturated carbocycles. The third-order valence-corrected chi connectivity index (χ3v) is 5.49. The summed E-state index contributed by atoms with van der Waals surface area (Å²) in [5, 5.41) is 22.4. The van der Waals surface area contributed by atoms with Gasteiger partial charge < -0.3 is 25.5 Å². The lowest BCUT2D eigenvalue weighted by Crippen LogP contribution is -2.28. The number of fused-ring (bicyclic) bond motifs is 1. The Balaban J connectivity index is 1.73. The number of aliphatic hydroxyl groups excluding tert-OH is 1. The number of aromatic carboxylic acids is 1. The van der Waals surface area contributed by atoms with Crippen molar-refractivity contribution in [3.8, 4) is 11.4 Å². The fourth-order valence-corrected chi connectivity index (χ4v) is 3.98. The summed E-state index contributed by atoms with van der Waals surface area (Å²) >= 11 is 3.35. The van der Waals surface area contributed by atoms with E-state index in [0.29, 0.717) is 33.4 Å². The van der Waals surface area contributed by atoms with Crippen molar-refractivity contribution in [2.45, 2.75) is 12.5 Å². The van der Waals surface area contributed by atoms with E-state index in [1.54, 1.807) is 6.07 Å². The van der Waals surface area contributed by atoms with Crippen molar-refractivity contribution in [1.29, 1.82) is 0 Å². The third-order valence-electron chi connectivity index (χ3n) is 4.89. The first-order valence-electron chi connectivity index (χ1n) is 9.52. The van der Waals surface area contributed by atoms with Crippen LogP contribution in [0.2, 0.25) is 0 Å². The van der Waals surface area contributed by atoms with Crippen LogP contribution in [0.1, 0.15) is 15.9 Å². The summed E-state index contributed by atoms with van der Waals surface area (Å²) in [6.45, 7) is -0.130. The Morgan fingerprint density at radius 2 is 1.97 bits per heavy atom. The Labute approximate surface area is 185 Å². The van der Waals surface area contributed by atoms with Gasteiger partial charge in [-0.15, -0.1) is 0 Å². The van der Waals surface area contributed by atoms with E-state index >= 15 is 0 Å². The average Bonchev–Trinajstić information content (AvgIpc) is 3.18. The molecule has 2 heterocycles. The molecule has 2 aromatic heterocycles. The van der Waals surface area contributed by atoms with Gasteiger partial charge in [0.2, 0.25) is 0 Å². The number of carboxylic acids is 1. The monoisotopic (exact) mass is 482 g/mol. The number of aromatic amines is 2. The van der Waals surface area contributed by atoms with Gasteiger partial charge in [-0.2, -0.15) is 0 Å². The molecular weight excluding hydrogens is 464 g/mol. The zero-order chi connectivity index (χ0) is 22.0. The molecule has 0 saturated heterocycles. The number of anilines is 1. The minimum atomic E-state index is -1.06. The topological polar surface area (TPSA) is 131 Å². The zero-order valence-corrected chi connectivity index (χ0v) is 17.8. The number of carboxylic acid groups (broad SMARTS) is 1. The van der Waals surface area contributed by atoms with Crippen LogP contribution in [0.5, 0.6) is 0 Å². The van der Waals surface area contributed by atoms with Gasteiger partial charge in [-0.05, 0) is 46.1 Å². The number of carbonyl (C=O) groups is 1. The first-order valence-corrected chi connectivity index (χ1v) is 10.3. The van der Waals surface area contributed by atoms with E-state index in [4.69, 9.17) is 0 Å². The Hall–Kier alpha value is -3.43. The number of imidazole rings is 1. The van der Waals surface area contributed by atoms with Gasteiger partial charge in [0.25, 0.3) is 5.56 Å². The molecule has 0 bridgehead atoms. The predicted molar refractivity (Wildman–Crippen MR) is 121 cm³/mol. The number of hydrogen-bond donors (Lipinski definition) is 5. The van der Waals surface area contributed by atoms with Crippen molar-refractivity contribution in [3.63, 3.8) is 0 Å². The second-order valence-corrected chi connectivity index (χ2v) is 7.91. The molecule has 0 unspecified atom stereocenters. The molecule has 4 aromatic rings. The molecule has 5 N–H and O–H groups in total. The van der Waals surface area contributed by atoms with Gasteiger partial charge in [0.15, 0.2) is 0 Å². The van der Waals surface area contributed by atoms with Gasteiger partial charge in [0.05, 0.1) is 29.4 Å². The van der Waals surface area contributed by atoms with Crippen molar-refractivity contribution < 1.29 is 15.0 Å². The molecule has 0 aliphatic rings.